The van der Waals surface area contributed by atoms with E-state index in [4.69, 9.17) is 0 Å². The molecule has 1 aromatic carbocycles. The van der Waals surface area contributed by atoms with Gasteiger partial charge in [0.25, 0.3) is 0 Å². The highest BCUT2D eigenvalue weighted by Gasteiger charge is 2.17. The van der Waals surface area contributed by atoms with E-state index in [0.717, 1.165) is 5.92 Å². The van der Waals surface area contributed by atoms with Crippen molar-refractivity contribution in [3.8, 4) is 0 Å². The van der Waals surface area contributed by atoms with Gasteiger partial charge in [-0.15, -0.1) is 0 Å². The van der Waals surface area contributed by atoms with Gasteiger partial charge in [-0.05, 0) is 74.9 Å². The van der Waals surface area contributed by atoms with Crippen LogP contribution < -0.4 is 0 Å². The summed E-state index contributed by atoms with van der Waals surface area (Å²) in [6.45, 7) is 9.11. The molecule has 23 heavy (non-hydrogen) atoms. The number of nitrogens with zero attached hydrogens (tertiary/aromatic N) is 1. The third-order valence-corrected chi connectivity index (χ3v) is 5.30. The Kier molecular flexibility index (Phi) is 7.88. The summed E-state index contributed by atoms with van der Waals surface area (Å²) in [5, 5.41) is 0. The predicted octanol–water partition coefficient (Wildman–Crippen LogP) is 5.94. The highest BCUT2D eigenvalue weighted by molar-refractivity contribution is 5.63. The van der Waals surface area contributed by atoms with Gasteiger partial charge in [0.05, 0.1) is 0 Å². The van der Waals surface area contributed by atoms with E-state index in [-0.39, 0.29) is 0 Å². The van der Waals surface area contributed by atoms with E-state index in [1.165, 1.54) is 87.6 Å². The largest absolute Gasteiger partial charge is 0.306 e. The molecule has 0 radical (unpaired) electrons. The molecule has 0 aliphatic carbocycles. The van der Waals surface area contributed by atoms with Gasteiger partial charge in [-0.25, -0.2) is 0 Å². The fourth-order valence-electron chi connectivity index (χ4n) is 3.57. The fourth-order valence-corrected chi connectivity index (χ4v) is 3.57. The highest BCUT2D eigenvalue weighted by atomic mass is 15.1. The van der Waals surface area contributed by atoms with Crippen LogP contribution in [0.25, 0.3) is 5.57 Å². The maximum absolute atomic E-state index is 4.35. The summed E-state index contributed by atoms with van der Waals surface area (Å²) in [6, 6.07) is 9.21. The molecule has 1 nitrogen and oxygen atoms in total. The van der Waals surface area contributed by atoms with E-state index in [9.17, 15) is 0 Å². The van der Waals surface area contributed by atoms with E-state index in [1.54, 1.807) is 0 Å². The molecule has 1 fully saturated rings. The second-order valence-corrected chi connectivity index (χ2v) is 7.42. The highest BCUT2D eigenvalue weighted by Crippen LogP contribution is 2.28. The molecular weight excluding hydrogens is 278 g/mol. The van der Waals surface area contributed by atoms with Crippen molar-refractivity contribution >= 4 is 5.57 Å². The number of piperidine rings is 1. The normalized spacial score (nSPS) is 16.6. The Morgan fingerprint density at radius 1 is 1.04 bits per heavy atom. The monoisotopic (exact) mass is 313 g/mol. The van der Waals surface area contributed by atoms with Crippen molar-refractivity contribution < 1.29 is 0 Å². The van der Waals surface area contributed by atoms with Gasteiger partial charge in [0, 0.05) is 0 Å². The third kappa shape index (κ3) is 6.51. The average Bonchev–Trinajstić information content (AvgIpc) is 2.57. The zero-order valence-corrected chi connectivity index (χ0v) is 15.3. The Balaban J connectivity index is 1.74. The lowest BCUT2D eigenvalue weighted by Crippen LogP contribution is -2.30. The Morgan fingerprint density at radius 3 is 2.35 bits per heavy atom. The van der Waals surface area contributed by atoms with E-state index in [0.29, 0.717) is 0 Å². The first-order valence-corrected chi connectivity index (χ1v) is 9.64. The van der Waals surface area contributed by atoms with Crippen molar-refractivity contribution in [3.63, 3.8) is 0 Å². The molecule has 0 aromatic heterocycles. The molecule has 2 rings (SSSR count). The van der Waals surface area contributed by atoms with Crippen LogP contribution in [0.15, 0.2) is 30.8 Å². The second kappa shape index (κ2) is 9.93. The smallest absolute Gasteiger partial charge is 0.00190 e. The lowest BCUT2D eigenvalue weighted by molar-refractivity contribution is 0.222. The summed E-state index contributed by atoms with van der Waals surface area (Å²) >= 11 is 0. The molecule has 1 aliphatic rings. The molecule has 1 aliphatic heterocycles. The van der Waals surface area contributed by atoms with E-state index >= 15 is 0 Å². The summed E-state index contributed by atoms with van der Waals surface area (Å²) in [5.41, 5.74) is 4.16. The summed E-state index contributed by atoms with van der Waals surface area (Å²) < 4.78 is 0. The molecule has 1 saturated heterocycles. The molecular formula is C22H35N. The maximum atomic E-state index is 4.35. The zero-order valence-electron chi connectivity index (χ0n) is 15.3. The van der Waals surface area contributed by atoms with Crippen LogP contribution in [0, 0.1) is 5.92 Å². The van der Waals surface area contributed by atoms with Gasteiger partial charge in [-0.1, -0.05) is 63.5 Å². The van der Waals surface area contributed by atoms with Crippen LogP contribution in [0.5, 0.6) is 0 Å². The maximum Gasteiger partial charge on any atom is -0.00190 e. The van der Waals surface area contributed by atoms with Crippen LogP contribution in [0.1, 0.15) is 69.4 Å². The lowest BCUT2D eigenvalue weighted by Gasteiger charge is -2.29. The molecule has 1 heteroatoms. The molecule has 0 unspecified atom stereocenters. The van der Waals surface area contributed by atoms with Gasteiger partial charge >= 0.3 is 0 Å². The summed E-state index contributed by atoms with van der Waals surface area (Å²) in [4.78, 5) is 2.44. The van der Waals surface area contributed by atoms with Crippen molar-refractivity contribution in [3.05, 3.63) is 42.0 Å². The van der Waals surface area contributed by atoms with Gasteiger partial charge in [-0.2, -0.15) is 0 Å². The Labute approximate surface area is 143 Å². The molecule has 1 heterocycles. The Hall–Kier alpha value is -1.08. The van der Waals surface area contributed by atoms with Crippen LogP contribution >= 0.6 is 0 Å². The van der Waals surface area contributed by atoms with E-state index < -0.39 is 0 Å². The van der Waals surface area contributed by atoms with Crippen LogP contribution in [0.2, 0.25) is 0 Å². The first-order valence-electron chi connectivity index (χ1n) is 9.64. The second-order valence-electron chi connectivity index (χ2n) is 7.42. The first kappa shape index (κ1) is 18.3. The number of aryl methyl sites for hydroxylation is 1. The molecule has 0 bridgehead atoms. The van der Waals surface area contributed by atoms with Gasteiger partial charge in [-0.3, -0.25) is 0 Å². The van der Waals surface area contributed by atoms with Crippen molar-refractivity contribution in [2.45, 2.75) is 64.7 Å². The van der Waals surface area contributed by atoms with Gasteiger partial charge < -0.3 is 4.90 Å². The predicted molar refractivity (Wildman–Crippen MR) is 103 cm³/mol. The van der Waals surface area contributed by atoms with Crippen LogP contribution in [0.4, 0.5) is 0 Å². The third-order valence-electron chi connectivity index (χ3n) is 5.30. The molecule has 0 spiro atoms. The Morgan fingerprint density at radius 2 is 1.70 bits per heavy atom. The molecule has 0 saturated carbocycles. The van der Waals surface area contributed by atoms with Gasteiger partial charge in [0.1, 0.15) is 0 Å². The minimum Gasteiger partial charge on any atom is -0.306 e. The van der Waals surface area contributed by atoms with Crippen molar-refractivity contribution in [2.24, 2.45) is 5.92 Å². The number of rotatable bonds is 9. The minimum atomic E-state index is 0.831. The lowest BCUT2D eigenvalue weighted by atomic mass is 9.88. The first-order chi connectivity index (χ1) is 11.2. The van der Waals surface area contributed by atoms with E-state index in [1.807, 2.05) is 0 Å². The summed E-state index contributed by atoms with van der Waals surface area (Å²) in [5.74, 6) is 0.831. The topological polar surface area (TPSA) is 3.24 Å². The summed E-state index contributed by atoms with van der Waals surface area (Å²) in [7, 11) is 2.23. The van der Waals surface area contributed by atoms with Crippen molar-refractivity contribution in [1.82, 2.24) is 4.90 Å². The SMILES string of the molecule is C=C(CC1CCN(C)CC1)c1ccc(CCCCCCC)cc1. The average molecular weight is 314 g/mol. The van der Waals surface area contributed by atoms with Crippen LogP contribution in [0.3, 0.4) is 0 Å². The van der Waals surface area contributed by atoms with Gasteiger partial charge in [0.15, 0.2) is 0 Å². The van der Waals surface area contributed by atoms with E-state index in [2.05, 4.69) is 49.7 Å². The molecule has 0 N–H and O–H groups in total. The van der Waals surface area contributed by atoms with Crippen molar-refractivity contribution in [2.75, 3.05) is 20.1 Å². The summed E-state index contributed by atoms with van der Waals surface area (Å²) in [6.07, 6.45) is 11.9. The molecule has 0 amide bonds. The molecule has 128 valence electrons. The number of benzene rings is 1. The van der Waals surface area contributed by atoms with Crippen LogP contribution in [-0.4, -0.2) is 25.0 Å². The van der Waals surface area contributed by atoms with Gasteiger partial charge in [0.2, 0.25) is 0 Å². The Bertz CT molecular complexity index is 451. The minimum absolute atomic E-state index is 0.831. The number of hydrogen-bond donors (Lipinski definition) is 0. The molecule has 0 atom stereocenters. The zero-order chi connectivity index (χ0) is 16.5. The quantitative estimate of drug-likeness (QED) is 0.510. The van der Waals surface area contributed by atoms with Crippen LogP contribution in [-0.2, 0) is 6.42 Å². The molecule has 1 aromatic rings. The number of hydrogen-bond acceptors (Lipinski definition) is 1. The number of allylic oxidation sites excluding steroid dienone is 1. The number of unbranched alkanes of at least 4 members (excludes halogenated alkanes) is 4. The number of likely N-dealkylation sites (tertiary alicyclic amines) is 1. The van der Waals surface area contributed by atoms with Crippen molar-refractivity contribution in [1.29, 1.82) is 0 Å². The fraction of sp³-hybridized carbons (Fsp3) is 0.636. The standard InChI is InChI=1S/C22H35N/c1-4-5-6-7-8-9-20-10-12-22(13-11-20)19(2)18-21-14-16-23(3)17-15-21/h10-13,21H,2,4-9,14-18H2,1,3H3.